The van der Waals surface area contributed by atoms with Gasteiger partial charge in [-0.2, -0.15) is 0 Å². The molecule has 2 aromatic carbocycles. The van der Waals surface area contributed by atoms with Gasteiger partial charge in [-0.1, -0.05) is 41.4 Å². The highest BCUT2D eigenvalue weighted by Crippen LogP contribution is 2.21. The van der Waals surface area contributed by atoms with Crippen LogP contribution in [0.5, 0.6) is 0 Å². The Bertz CT molecular complexity index is 776. The number of amides is 2. The zero-order valence-corrected chi connectivity index (χ0v) is 15.9. The lowest BCUT2D eigenvalue weighted by molar-refractivity contribution is -0.139. The molecule has 0 fully saturated rings. The highest BCUT2D eigenvalue weighted by atomic mass is 35.5. The van der Waals surface area contributed by atoms with E-state index >= 15 is 0 Å². The van der Waals surface area contributed by atoms with E-state index in [-0.39, 0.29) is 29.5 Å². The average Bonchev–Trinajstić information content (AvgIpc) is 2.63. The number of hydrogen-bond acceptors (Lipinski definition) is 2. The first-order chi connectivity index (χ1) is 12.3. The zero-order chi connectivity index (χ0) is 19.3. The van der Waals surface area contributed by atoms with E-state index in [0.29, 0.717) is 5.02 Å². The summed E-state index contributed by atoms with van der Waals surface area (Å²) in [4.78, 5) is 26.3. The number of benzene rings is 2. The van der Waals surface area contributed by atoms with Crippen LogP contribution in [0.3, 0.4) is 0 Å². The van der Waals surface area contributed by atoms with Gasteiger partial charge in [0.25, 0.3) is 0 Å². The quantitative estimate of drug-likeness (QED) is 0.806. The third kappa shape index (κ3) is 4.96. The van der Waals surface area contributed by atoms with Crippen molar-refractivity contribution in [1.82, 2.24) is 10.2 Å². The molecule has 0 radical (unpaired) electrons. The molecule has 0 saturated carbocycles. The average molecular weight is 397 g/mol. The van der Waals surface area contributed by atoms with E-state index < -0.39 is 17.8 Å². The molecule has 0 aromatic heterocycles. The Morgan fingerprint density at radius 2 is 1.81 bits per heavy atom. The molecule has 0 saturated heterocycles. The van der Waals surface area contributed by atoms with Crippen molar-refractivity contribution < 1.29 is 14.0 Å². The molecule has 0 bridgehead atoms. The number of carbonyl (C=O) groups is 2. The summed E-state index contributed by atoms with van der Waals surface area (Å²) in [5, 5.41) is 3.28. The molecule has 0 aliphatic heterocycles. The number of hydrogen-bond donors (Lipinski definition) is 1. The van der Waals surface area contributed by atoms with Crippen LogP contribution in [0.25, 0.3) is 0 Å². The minimum Gasteiger partial charge on any atom is -0.357 e. The Kier molecular flexibility index (Phi) is 7.00. The molecular weight excluding hydrogens is 378 g/mol. The summed E-state index contributed by atoms with van der Waals surface area (Å²) in [5.41, 5.74) is 0.919. The van der Waals surface area contributed by atoms with Gasteiger partial charge in [0.1, 0.15) is 11.9 Å². The maximum atomic E-state index is 14.0. The molecule has 2 aromatic rings. The monoisotopic (exact) mass is 396 g/mol. The molecule has 7 heteroatoms. The largest absolute Gasteiger partial charge is 0.357 e. The Labute approximate surface area is 161 Å². The molecule has 138 valence electrons. The number of nitrogens with zero attached hydrogens (tertiary/aromatic N) is 1. The molecule has 0 aliphatic carbocycles. The van der Waals surface area contributed by atoms with Crippen molar-refractivity contribution in [3.63, 3.8) is 0 Å². The second-order valence-electron chi connectivity index (χ2n) is 5.82. The van der Waals surface area contributed by atoms with E-state index in [9.17, 15) is 14.0 Å². The third-order valence-corrected chi connectivity index (χ3v) is 4.68. The van der Waals surface area contributed by atoms with Crippen molar-refractivity contribution in [3.05, 3.63) is 69.5 Å². The van der Waals surface area contributed by atoms with Crippen molar-refractivity contribution in [1.29, 1.82) is 0 Å². The van der Waals surface area contributed by atoms with Crippen molar-refractivity contribution in [2.45, 2.75) is 25.9 Å². The SMILES string of the molecule is CNC(=O)[C@H](C)N(Cc1ccc(Cl)cc1)C(=O)Cc1c(F)cccc1Cl. The van der Waals surface area contributed by atoms with Crippen molar-refractivity contribution in [2.24, 2.45) is 0 Å². The predicted molar refractivity (Wildman–Crippen MR) is 101 cm³/mol. The molecule has 26 heavy (non-hydrogen) atoms. The summed E-state index contributed by atoms with van der Waals surface area (Å²) >= 11 is 11.9. The Morgan fingerprint density at radius 3 is 2.38 bits per heavy atom. The minimum atomic E-state index is -0.728. The summed E-state index contributed by atoms with van der Waals surface area (Å²) in [6.07, 6.45) is -0.236. The van der Waals surface area contributed by atoms with E-state index in [1.54, 1.807) is 31.2 Å². The fourth-order valence-electron chi connectivity index (χ4n) is 2.53. The molecule has 4 nitrogen and oxygen atoms in total. The summed E-state index contributed by atoms with van der Waals surface area (Å²) in [6, 6.07) is 10.5. The minimum absolute atomic E-state index is 0.115. The van der Waals surface area contributed by atoms with Crippen LogP contribution in [0, 0.1) is 5.82 Å². The van der Waals surface area contributed by atoms with E-state index in [0.717, 1.165) is 5.56 Å². The zero-order valence-electron chi connectivity index (χ0n) is 14.4. The van der Waals surface area contributed by atoms with Crippen molar-refractivity contribution in [3.8, 4) is 0 Å². The number of likely N-dealkylation sites (N-methyl/N-ethyl adjacent to an activating group) is 1. The summed E-state index contributed by atoms with van der Waals surface area (Å²) in [6.45, 7) is 1.81. The van der Waals surface area contributed by atoms with Crippen LogP contribution < -0.4 is 5.32 Å². The van der Waals surface area contributed by atoms with Gasteiger partial charge in [0.15, 0.2) is 0 Å². The topological polar surface area (TPSA) is 49.4 Å². The highest BCUT2D eigenvalue weighted by molar-refractivity contribution is 6.31. The molecule has 2 rings (SSSR count). The van der Waals surface area contributed by atoms with Crippen LogP contribution >= 0.6 is 23.2 Å². The first-order valence-corrected chi connectivity index (χ1v) is 8.77. The van der Waals surface area contributed by atoms with Crippen LogP contribution in [0.1, 0.15) is 18.1 Å². The van der Waals surface area contributed by atoms with Gasteiger partial charge in [-0.25, -0.2) is 4.39 Å². The fraction of sp³-hybridized carbons (Fsp3) is 0.263. The van der Waals surface area contributed by atoms with Crippen LogP contribution in [-0.2, 0) is 22.6 Å². The van der Waals surface area contributed by atoms with Gasteiger partial charge in [0.2, 0.25) is 11.8 Å². The lowest BCUT2D eigenvalue weighted by Gasteiger charge is -2.28. The molecule has 0 spiro atoms. The molecular formula is C19H19Cl2FN2O2. The van der Waals surface area contributed by atoms with E-state index in [1.807, 2.05) is 0 Å². The van der Waals surface area contributed by atoms with Gasteiger partial charge in [0.05, 0.1) is 6.42 Å². The van der Waals surface area contributed by atoms with Crippen LogP contribution in [0.15, 0.2) is 42.5 Å². The number of nitrogens with one attached hydrogen (secondary N) is 1. The standard InChI is InChI=1S/C19H19Cl2FN2O2/c1-12(19(26)23-2)24(11-13-6-8-14(20)9-7-13)18(25)10-15-16(21)4-3-5-17(15)22/h3-9,12H,10-11H2,1-2H3,(H,23,26)/t12-/m0/s1. The van der Waals surface area contributed by atoms with Gasteiger partial charge in [0, 0.05) is 29.2 Å². The number of rotatable bonds is 6. The van der Waals surface area contributed by atoms with Crippen molar-refractivity contribution in [2.75, 3.05) is 7.05 Å². The third-order valence-electron chi connectivity index (χ3n) is 4.07. The van der Waals surface area contributed by atoms with Gasteiger partial charge in [-0.05, 0) is 36.8 Å². The molecule has 0 heterocycles. The highest BCUT2D eigenvalue weighted by Gasteiger charge is 2.26. The molecule has 1 N–H and O–H groups in total. The summed E-state index contributed by atoms with van der Waals surface area (Å²) in [5.74, 6) is -1.26. The first-order valence-electron chi connectivity index (χ1n) is 8.02. The number of carbonyl (C=O) groups excluding carboxylic acids is 2. The lowest BCUT2D eigenvalue weighted by atomic mass is 10.1. The van der Waals surface area contributed by atoms with Crippen LogP contribution in [-0.4, -0.2) is 29.8 Å². The Hall–Kier alpha value is -2.11. The first kappa shape index (κ1) is 20.2. The molecule has 2 amide bonds. The second kappa shape index (κ2) is 9.01. The van der Waals surface area contributed by atoms with E-state index in [2.05, 4.69) is 5.32 Å². The van der Waals surface area contributed by atoms with Gasteiger partial charge in [-0.15, -0.1) is 0 Å². The predicted octanol–water partition coefficient (Wildman–Crippen LogP) is 3.84. The van der Waals surface area contributed by atoms with Crippen LogP contribution in [0.4, 0.5) is 4.39 Å². The van der Waals surface area contributed by atoms with Gasteiger partial charge in [-0.3, -0.25) is 9.59 Å². The molecule has 1 atom stereocenters. The lowest BCUT2D eigenvalue weighted by Crippen LogP contribution is -2.47. The van der Waals surface area contributed by atoms with Gasteiger partial charge < -0.3 is 10.2 Å². The fourth-order valence-corrected chi connectivity index (χ4v) is 2.89. The molecule has 0 aliphatic rings. The normalized spacial score (nSPS) is 11.7. The van der Waals surface area contributed by atoms with Crippen LogP contribution in [0.2, 0.25) is 10.0 Å². The summed E-state index contributed by atoms with van der Waals surface area (Å²) in [7, 11) is 1.50. The smallest absolute Gasteiger partial charge is 0.242 e. The Balaban J connectivity index is 2.28. The summed E-state index contributed by atoms with van der Waals surface area (Å²) < 4.78 is 14.0. The molecule has 0 unspecified atom stereocenters. The number of halogens is 3. The Morgan fingerprint density at radius 1 is 1.15 bits per heavy atom. The second-order valence-corrected chi connectivity index (χ2v) is 6.66. The van der Waals surface area contributed by atoms with Crippen molar-refractivity contribution >= 4 is 35.0 Å². The maximum absolute atomic E-state index is 14.0. The van der Waals surface area contributed by atoms with E-state index in [1.165, 1.54) is 30.1 Å². The van der Waals surface area contributed by atoms with E-state index in [4.69, 9.17) is 23.2 Å². The maximum Gasteiger partial charge on any atom is 0.242 e. The van der Waals surface area contributed by atoms with Gasteiger partial charge >= 0.3 is 0 Å².